The fourth-order valence-electron chi connectivity index (χ4n) is 6.40. The van der Waals surface area contributed by atoms with E-state index in [0.717, 1.165) is 37.6 Å². The molecule has 21 heteroatoms. The number of amides is 2. The molecule has 4 rings (SSSR count). The third-order valence-electron chi connectivity index (χ3n) is 10.5. The molecule has 2 aromatic carbocycles. The molecule has 1 aliphatic heterocycles. The lowest BCUT2D eigenvalue weighted by molar-refractivity contribution is -0.199. The second-order valence-electron chi connectivity index (χ2n) is 19.8. The Hall–Kier alpha value is -4.74. The van der Waals surface area contributed by atoms with E-state index in [-0.39, 0.29) is 42.2 Å². The normalized spacial score (nSPS) is 16.4. The summed E-state index contributed by atoms with van der Waals surface area (Å²) < 4.78 is 54.0. The Labute approximate surface area is 421 Å². The van der Waals surface area contributed by atoms with Gasteiger partial charge in [-0.25, -0.2) is 8.86 Å². The van der Waals surface area contributed by atoms with Crippen LogP contribution in [0.5, 0.6) is 11.5 Å². The molecule has 1 saturated heterocycles. The maximum absolute atomic E-state index is 13.0. The number of rotatable bonds is 24. The smallest absolute Gasteiger partial charge is 0.449 e. The molecule has 1 fully saturated rings. The standard InChI is InChI=1S/C31H50N4O10S.C13H18N2O2.C5H12O.CH4O/c1-20(2)15-23-18-35(34-33-23)30(5,6)12-14-42-31(7,8)11-13-32-28(38)22-9-10-26(43-29-25(37)17-24(36)19-41-29)27(16-22)45-46(39,40)44-21(3)4;1-9(2)3-8-12(15-17)10-4-6-11(7-5-10)13(14)16;1-5(2)3-4-6;1-2/h9-10,16,18,20-21,24-25,29,36-37H,11-15,17,19H2,1-8H3,(H,32,38);4-7,9,17H,3,8H2,1-2H3,(H2,14,16);5-6H,3-4H2,1-2H3;2H,1H3/b;15-12-;;/t24-,25?,29+;;;/m1.../s1. The summed E-state index contributed by atoms with van der Waals surface area (Å²) in [5, 5.41) is 58.9. The van der Waals surface area contributed by atoms with Gasteiger partial charge in [0.1, 0.15) is 6.10 Å². The minimum Gasteiger partial charge on any atom is -0.458 e. The number of nitrogens with zero attached hydrogens (tertiary/aromatic N) is 4. The second-order valence-corrected chi connectivity index (χ2v) is 21.0. The van der Waals surface area contributed by atoms with E-state index in [4.69, 9.17) is 43.7 Å². The van der Waals surface area contributed by atoms with Crippen LogP contribution in [0.25, 0.3) is 0 Å². The van der Waals surface area contributed by atoms with Gasteiger partial charge in [-0.1, -0.05) is 64.0 Å². The van der Waals surface area contributed by atoms with Crippen LogP contribution in [0.4, 0.5) is 0 Å². The van der Waals surface area contributed by atoms with Gasteiger partial charge in [-0.15, -0.1) is 5.10 Å². The first kappa shape index (κ1) is 64.3. The Bertz CT molecular complexity index is 2140. The van der Waals surface area contributed by atoms with E-state index in [0.29, 0.717) is 61.5 Å². The minimum absolute atomic E-state index is 0.00896. The van der Waals surface area contributed by atoms with Crippen LogP contribution in [-0.4, -0.2) is 130 Å². The molecule has 20 nitrogen and oxygen atoms in total. The number of carbonyl (C=O) groups excluding carboxylic acids is 2. The van der Waals surface area contributed by atoms with Crippen LogP contribution in [0.15, 0.2) is 53.8 Å². The number of benzene rings is 2. The first-order chi connectivity index (χ1) is 33.2. The number of hydrogen-bond donors (Lipinski definition) is 7. The van der Waals surface area contributed by atoms with Crippen molar-refractivity contribution in [1.82, 2.24) is 20.3 Å². The quantitative estimate of drug-likeness (QED) is 0.0301. The predicted molar refractivity (Wildman–Crippen MR) is 271 cm³/mol. The van der Waals surface area contributed by atoms with Gasteiger partial charge in [-0.3, -0.25) is 9.59 Å². The predicted octanol–water partition coefficient (Wildman–Crippen LogP) is 6.15. The lowest BCUT2D eigenvalue weighted by Gasteiger charge is -2.31. The summed E-state index contributed by atoms with van der Waals surface area (Å²) in [6, 6.07) is 10.7. The Kier molecular flexibility index (Phi) is 28.7. The monoisotopic (exact) mass is 1020 g/mol. The van der Waals surface area contributed by atoms with E-state index in [9.17, 15) is 28.2 Å². The van der Waals surface area contributed by atoms with Crippen molar-refractivity contribution in [2.24, 2.45) is 28.6 Å². The van der Waals surface area contributed by atoms with Crippen molar-refractivity contribution in [1.29, 1.82) is 0 Å². The van der Waals surface area contributed by atoms with Gasteiger partial charge in [0.2, 0.25) is 12.2 Å². The summed E-state index contributed by atoms with van der Waals surface area (Å²) in [5.41, 5.74) is 7.29. The second kappa shape index (κ2) is 31.7. The molecule has 0 bridgehead atoms. The number of hydrogen-bond acceptors (Lipinski definition) is 17. The Morgan fingerprint density at radius 3 is 2.03 bits per heavy atom. The van der Waals surface area contributed by atoms with Crippen molar-refractivity contribution in [2.45, 2.75) is 164 Å². The topological polar surface area (TPSA) is 297 Å². The highest BCUT2D eigenvalue weighted by Crippen LogP contribution is 2.33. The summed E-state index contributed by atoms with van der Waals surface area (Å²) in [6.45, 7) is 24.8. The first-order valence-electron chi connectivity index (χ1n) is 24.1. The van der Waals surface area contributed by atoms with Gasteiger partial charge in [0.15, 0.2) is 11.5 Å². The van der Waals surface area contributed by atoms with E-state index >= 15 is 0 Å². The van der Waals surface area contributed by atoms with Crippen molar-refractivity contribution >= 4 is 27.9 Å². The van der Waals surface area contributed by atoms with Gasteiger partial charge in [0, 0.05) is 50.6 Å². The Balaban J connectivity index is 0.000000826. The van der Waals surface area contributed by atoms with E-state index in [1.807, 2.05) is 24.7 Å². The van der Waals surface area contributed by atoms with Gasteiger partial charge in [-0.05, 0) is 134 Å². The third kappa shape index (κ3) is 25.5. The van der Waals surface area contributed by atoms with Crippen molar-refractivity contribution in [3.8, 4) is 11.5 Å². The zero-order valence-electron chi connectivity index (χ0n) is 44.1. The molecule has 3 atom stereocenters. The summed E-state index contributed by atoms with van der Waals surface area (Å²) in [5.74, 6) is 0.330. The molecule has 1 aliphatic rings. The molecule has 1 aromatic heterocycles. The molecular formula is C50H84N6O14S. The lowest BCUT2D eigenvalue weighted by atomic mass is 10.00. The molecule has 3 aromatic rings. The van der Waals surface area contributed by atoms with Crippen LogP contribution < -0.4 is 20.0 Å². The number of carbonyl (C=O) groups is 2. The van der Waals surface area contributed by atoms with E-state index in [2.05, 4.69) is 76.2 Å². The molecule has 0 spiro atoms. The SMILES string of the molecule is CC(C)CC/C(=N/O)c1ccc(C(N)=O)cc1.CC(C)CCO.CC(C)Cc1cn(C(C)(C)CCOC(C)(C)CCNC(=O)c2ccc(O[C@@H]3OC[C@H](O)CC3O)c(OS(=O)(=O)OC(C)C)c2)nn1.CO. The first-order valence-corrected chi connectivity index (χ1v) is 25.4. The number of aliphatic hydroxyl groups is 4. The van der Waals surface area contributed by atoms with Crippen LogP contribution in [0.2, 0.25) is 0 Å². The number of aromatic nitrogens is 3. The molecule has 71 heavy (non-hydrogen) atoms. The molecule has 0 aliphatic carbocycles. The maximum Gasteiger partial charge on any atom is 0.449 e. The van der Waals surface area contributed by atoms with E-state index in [1.165, 1.54) is 32.0 Å². The van der Waals surface area contributed by atoms with Crippen molar-refractivity contribution in [3.05, 3.63) is 71.0 Å². The van der Waals surface area contributed by atoms with Gasteiger partial charge >= 0.3 is 10.4 Å². The van der Waals surface area contributed by atoms with Crippen LogP contribution >= 0.6 is 0 Å². The largest absolute Gasteiger partial charge is 0.458 e. The van der Waals surface area contributed by atoms with Crippen molar-refractivity contribution in [3.63, 3.8) is 0 Å². The average Bonchev–Trinajstić information content (AvgIpc) is 3.75. The number of nitrogens with one attached hydrogen (secondary N) is 1. The van der Waals surface area contributed by atoms with E-state index < -0.39 is 52.4 Å². The molecule has 8 N–H and O–H groups in total. The maximum atomic E-state index is 13.0. The highest BCUT2D eigenvalue weighted by Gasteiger charge is 2.32. The molecular weight excluding hydrogens is 941 g/mol. The van der Waals surface area contributed by atoms with Crippen molar-refractivity contribution in [2.75, 3.05) is 33.5 Å². The zero-order valence-corrected chi connectivity index (χ0v) is 44.9. The van der Waals surface area contributed by atoms with Crippen LogP contribution in [-0.2, 0) is 36.0 Å². The fourth-order valence-corrected chi connectivity index (χ4v) is 7.26. The summed E-state index contributed by atoms with van der Waals surface area (Å²) in [6.07, 6.45) is 2.75. The molecule has 0 saturated carbocycles. The van der Waals surface area contributed by atoms with Crippen LogP contribution in [0, 0.1) is 17.8 Å². The van der Waals surface area contributed by atoms with Gasteiger partial charge in [-0.2, -0.15) is 8.42 Å². The Morgan fingerprint density at radius 2 is 1.51 bits per heavy atom. The molecule has 2 amide bonds. The molecule has 404 valence electrons. The minimum atomic E-state index is -4.52. The number of ether oxygens (including phenoxy) is 3. The van der Waals surface area contributed by atoms with Crippen LogP contribution in [0.3, 0.4) is 0 Å². The average molecular weight is 1030 g/mol. The summed E-state index contributed by atoms with van der Waals surface area (Å²) in [7, 11) is -3.52. The molecule has 0 radical (unpaired) electrons. The summed E-state index contributed by atoms with van der Waals surface area (Å²) >= 11 is 0. The van der Waals surface area contributed by atoms with Gasteiger partial charge in [0.25, 0.3) is 5.91 Å². The zero-order chi connectivity index (χ0) is 54.1. The van der Waals surface area contributed by atoms with Crippen molar-refractivity contribution < 1.29 is 66.2 Å². The van der Waals surface area contributed by atoms with E-state index in [1.54, 1.807) is 24.3 Å². The number of nitrogens with two attached hydrogens (primary N) is 1. The van der Waals surface area contributed by atoms with Crippen LogP contribution in [0.1, 0.15) is 154 Å². The fraction of sp³-hybridized carbons (Fsp3) is 0.660. The highest BCUT2D eigenvalue weighted by atomic mass is 32.3. The van der Waals surface area contributed by atoms with Gasteiger partial charge < -0.3 is 55.1 Å². The third-order valence-corrected chi connectivity index (χ3v) is 11.5. The van der Waals surface area contributed by atoms with Gasteiger partial charge in [0.05, 0.1) is 41.4 Å². The number of aliphatic hydroxyl groups excluding tert-OH is 4. The highest BCUT2D eigenvalue weighted by molar-refractivity contribution is 7.82. The molecule has 2 heterocycles. The lowest BCUT2D eigenvalue weighted by Crippen LogP contribution is -2.44. The number of primary amides is 1. The summed E-state index contributed by atoms with van der Waals surface area (Å²) in [4.78, 5) is 24.0. The molecule has 1 unspecified atom stereocenters. The number of oxime groups is 1. The Morgan fingerprint density at radius 1 is 0.901 bits per heavy atom.